The van der Waals surface area contributed by atoms with E-state index >= 15 is 0 Å². The number of hydrogen-bond donors (Lipinski definition) is 0. The topological polar surface area (TPSA) is 72.9 Å². The first-order valence-electron chi connectivity index (χ1n) is 9.75. The van der Waals surface area contributed by atoms with Crippen LogP contribution in [0, 0.1) is 0 Å². The van der Waals surface area contributed by atoms with Crippen LogP contribution in [-0.4, -0.2) is 35.3 Å². The summed E-state index contributed by atoms with van der Waals surface area (Å²) in [5.41, 5.74) is 2.16. The summed E-state index contributed by atoms with van der Waals surface area (Å²) < 4.78 is 11.2. The zero-order valence-electron chi connectivity index (χ0n) is 16.3. The van der Waals surface area contributed by atoms with Crippen LogP contribution >= 0.6 is 0 Å². The number of carbonyl (C=O) groups is 3. The van der Waals surface area contributed by atoms with Crippen LogP contribution in [0.15, 0.2) is 78.1 Å². The summed E-state index contributed by atoms with van der Waals surface area (Å²) in [6, 6.07) is 17.9. The number of allylic oxidation sites excluding steroid dienone is 2. The van der Waals surface area contributed by atoms with E-state index in [1.807, 2.05) is 72.8 Å². The van der Waals surface area contributed by atoms with E-state index in [0.29, 0.717) is 11.9 Å². The summed E-state index contributed by atoms with van der Waals surface area (Å²) in [5, 5.41) is 0. The number of fused-ring (bicyclic) bond motifs is 1. The van der Waals surface area contributed by atoms with Crippen molar-refractivity contribution in [1.82, 2.24) is 4.90 Å². The minimum absolute atomic E-state index is 0.0838. The van der Waals surface area contributed by atoms with E-state index in [1.54, 1.807) is 0 Å². The van der Waals surface area contributed by atoms with Crippen molar-refractivity contribution in [2.45, 2.75) is 31.7 Å². The Balaban J connectivity index is 1.52. The van der Waals surface area contributed by atoms with Crippen LogP contribution < -0.4 is 0 Å². The molecule has 2 aliphatic heterocycles. The lowest BCUT2D eigenvalue weighted by Gasteiger charge is -2.33. The Morgan fingerprint density at radius 1 is 1.10 bits per heavy atom. The molecule has 152 valence electrons. The van der Waals surface area contributed by atoms with E-state index in [4.69, 9.17) is 9.47 Å². The number of nitrogens with zero attached hydrogens (tertiary/aromatic N) is 1. The van der Waals surface area contributed by atoms with Crippen molar-refractivity contribution < 1.29 is 23.9 Å². The Bertz CT molecular complexity index is 997. The van der Waals surface area contributed by atoms with E-state index in [-0.39, 0.29) is 31.1 Å². The van der Waals surface area contributed by atoms with Gasteiger partial charge in [0, 0.05) is 5.57 Å². The molecule has 0 radical (unpaired) electrons. The molecule has 1 unspecified atom stereocenters. The third-order valence-electron chi connectivity index (χ3n) is 5.09. The molecule has 2 aliphatic rings. The molecule has 2 saturated heterocycles. The summed E-state index contributed by atoms with van der Waals surface area (Å²) >= 11 is 0. The van der Waals surface area contributed by atoms with Gasteiger partial charge in [0.2, 0.25) is 5.91 Å². The molecule has 6 heteroatoms. The molecule has 2 heterocycles. The second-order valence-electron chi connectivity index (χ2n) is 7.10. The van der Waals surface area contributed by atoms with E-state index in [9.17, 15) is 14.4 Å². The maximum Gasteiger partial charge on any atom is 0.337 e. The fourth-order valence-corrected chi connectivity index (χ4v) is 3.52. The zero-order chi connectivity index (χ0) is 20.9. The van der Waals surface area contributed by atoms with Crippen LogP contribution in [0.25, 0.3) is 6.08 Å². The van der Waals surface area contributed by atoms with Gasteiger partial charge in [-0.1, -0.05) is 72.8 Å². The molecule has 2 aromatic rings. The zero-order valence-corrected chi connectivity index (χ0v) is 16.3. The van der Waals surface area contributed by atoms with Gasteiger partial charge >= 0.3 is 5.97 Å². The SMILES string of the molecule is O=C/C(C/C=C\c1ccccc1)=C1/O[C@@H]2CC(=O)N2C1C(=O)OCc1ccccc1. The van der Waals surface area contributed by atoms with Gasteiger partial charge in [-0.05, 0) is 17.5 Å². The molecule has 0 spiro atoms. The highest BCUT2D eigenvalue weighted by molar-refractivity contribution is 5.93. The molecule has 0 aromatic heterocycles. The van der Waals surface area contributed by atoms with E-state index in [0.717, 1.165) is 11.1 Å². The lowest BCUT2D eigenvalue weighted by Crippen LogP contribution is -2.55. The molecule has 0 saturated carbocycles. The molecular formula is C24H21NO5. The van der Waals surface area contributed by atoms with Gasteiger partial charge in [-0.3, -0.25) is 14.5 Å². The average molecular weight is 403 g/mol. The number of rotatable bonds is 7. The Labute approximate surface area is 174 Å². The van der Waals surface area contributed by atoms with Gasteiger partial charge in [-0.25, -0.2) is 4.79 Å². The highest BCUT2D eigenvalue weighted by Crippen LogP contribution is 2.38. The minimum atomic E-state index is -1.02. The van der Waals surface area contributed by atoms with E-state index in [1.165, 1.54) is 4.90 Å². The van der Waals surface area contributed by atoms with Crippen molar-refractivity contribution in [2.75, 3.05) is 0 Å². The second-order valence-corrected chi connectivity index (χ2v) is 7.10. The predicted molar refractivity (Wildman–Crippen MR) is 110 cm³/mol. The number of amides is 1. The first-order valence-corrected chi connectivity index (χ1v) is 9.75. The third kappa shape index (κ3) is 4.03. The monoisotopic (exact) mass is 403 g/mol. The molecule has 0 N–H and O–H groups in total. The number of carbonyl (C=O) groups excluding carboxylic acids is 3. The Hall–Kier alpha value is -3.67. The van der Waals surface area contributed by atoms with E-state index in [2.05, 4.69) is 0 Å². The Kier molecular flexibility index (Phi) is 5.75. The highest BCUT2D eigenvalue weighted by atomic mass is 16.6. The first-order chi connectivity index (χ1) is 14.7. The van der Waals surface area contributed by atoms with Crippen LogP contribution in [0.1, 0.15) is 24.0 Å². The van der Waals surface area contributed by atoms with Crippen LogP contribution in [-0.2, 0) is 30.5 Å². The third-order valence-corrected chi connectivity index (χ3v) is 5.09. The van der Waals surface area contributed by atoms with Crippen molar-refractivity contribution in [3.05, 3.63) is 89.2 Å². The van der Waals surface area contributed by atoms with Gasteiger partial charge in [0.1, 0.15) is 18.7 Å². The van der Waals surface area contributed by atoms with Crippen LogP contribution in [0.3, 0.4) is 0 Å². The summed E-state index contributed by atoms with van der Waals surface area (Å²) in [6.07, 6.45) is 4.36. The lowest BCUT2D eigenvalue weighted by atomic mass is 10.0. The molecule has 0 aliphatic carbocycles. The smallest absolute Gasteiger partial charge is 0.337 e. The summed E-state index contributed by atoms with van der Waals surface area (Å²) in [7, 11) is 0. The molecule has 1 amide bonds. The highest BCUT2D eigenvalue weighted by Gasteiger charge is 2.55. The molecular weight excluding hydrogens is 382 g/mol. The summed E-state index contributed by atoms with van der Waals surface area (Å²) in [4.78, 5) is 38.0. The molecule has 6 nitrogen and oxygen atoms in total. The maximum absolute atomic E-state index is 12.8. The number of ether oxygens (including phenoxy) is 2. The molecule has 4 rings (SSSR count). The number of benzene rings is 2. The van der Waals surface area contributed by atoms with Gasteiger partial charge in [0.15, 0.2) is 12.3 Å². The molecule has 2 fully saturated rings. The van der Waals surface area contributed by atoms with Crippen molar-refractivity contribution in [1.29, 1.82) is 0 Å². The summed E-state index contributed by atoms with van der Waals surface area (Å²) in [6.45, 7) is 0.0838. The number of β-lactam (4-membered cyclic amide) rings is 1. The predicted octanol–water partition coefficient (Wildman–Crippen LogP) is 3.24. The van der Waals surface area contributed by atoms with Gasteiger partial charge in [-0.2, -0.15) is 0 Å². The number of esters is 1. The Morgan fingerprint density at radius 3 is 2.47 bits per heavy atom. The fourth-order valence-electron chi connectivity index (χ4n) is 3.52. The number of hydrogen-bond acceptors (Lipinski definition) is 5. The van der Waals surface area contributed by atoms with Crippen LogP contribution in [0.4, 0.5) is 0 Å². The van der Waals surface area contributed by atoms with Crippen molar-refractivity contribution in [3.63, 3.8) is 0 Å². The average Bonchev–Trinajstić information content (AvgIpc) is 3.09. The van der Waals surface area contributed by atoms with Crippen LogP contribution in [0.5, 0.6) is 0 Å². The normalized spacial score (nSPS) is 21.6. The van der Waals surface area contributed by atoms with Crippen molar-refractivity contribution in [2.24, 2.45) is 0 Å². The Morgan fingerprint density at radius 2 is 1.80 bits per heavy atom. The minimum Gasteiger partial charge on any atom is -0.471 e. The van der Waals surface area contributed by atoms with Gasteiger partial charge in [0.25, 0.3) is 0 Å². The van der Waals surface area contributed by atoms with Crippen molar-refractivity contribution in [3.8, 4) is 0 Å². The standard InChI is InChI=1S/C24H21NO5/c26-15-19(13-7-12-17-8-3-1-4-9-17)23-22(25-20(27)14-21(25)30-23)24(28)29-16-18-10-5-2-6-11-18/h1-12,15,21-22H,13-14,16H2/b12-7-,23-19+/t21-,22?/m1/s1. The largest absolute Gasteiger partial charge is 0.471 e. The molecule has 30 heavy (non-hydrogen) atoms. The second kappa shape index (κ2) is 8.78. The number of aldehydes is 1. The summed E-state index contributed by atoms with van der Waals surface area (Å²) in [5.74, 6) is -0.589. The van der Waals surface area contributed by atoms with Gasteiger partial charge in [0.05, 0.1) is 6.42 Å². The molecule has 2 aromatic carbocycles. The van der Waals surface area contributed by atoms with Crippen LogP contribution in [0.2, 0.25) is 0 Å². The molecule has 0 bridgehead atoms. The van der Waals surface area contributed by atoms with Crippen molar-refractivity contribution >= 4 is 24.2 Å². The van der Waals surface area contributed by atoms with Gasteiger partial charge in [-0.15, -0.1) is 0 Å². The lowest BCUT2D eigenvalue weighted by molar-refractivity contribution is -0.166. The quantitative estimate of drug-likeness (QED) is 0.307. The van der Waals surface area contributed by atoms with Gasteiger partial charge < -0.3 is 9.47 Å². The fraction of sp³-hybridized carbons (Fsp3) is 0.208. The van der Waals surface area contributed by atoms with E-state index < -0.39 is 18.2 Å². The molecule has 2 atom stereocenters. The first kappa shape index (κ1) is 19.6. The maximum atomic E-state index is 12.8.